The number of hydrogen-bond acceptors (Lipinski definition) is 3. The molecule has 2 aliphatic carbocycles. The van der Waals surface area contributed by atoms with Gasteiger partial charge in [0.15, 0.2) is 0 Å². The Labute approximate surface area is 133 Å². The summed E-state index contributed by atoms with van der Waals surface area (Å²) in [6.45, 7) is 0. The van der Waals surface area contributed by atoms with Crippen LogP contribution in [0.5, 0.6) is 0 Å². The predicted octanol–water partition coefficient (Wildman–Crippen LogP) is 1.71. The van der Waals surface area contributed by atoms with Gasteiger partial charge in [0.05, 0.1) is 11.5 Å². The molecule has 0 saturated heterocycles. The molecule has 0 radical (unpaired) electrons. The third-order valence-corrected chi connectivity index (χ3v) is 4.95. The van der Waals surface area contributed by atoms with E-state index in [9.17, 15) is 14.7 Å². The van der Waals surface area contributed by atoms with Gasteiger partial charge in [-0.05, 0) is 48.9 Å². The second kappa shape index (κ2) is 5.22. The third-order valence-electron chi connectivity index (χ3n) is 4.95. The summed E-state index contributed by atoms with van der Waals surface area (Å²) < 4.78 is 1.87. The molecule has 2 aliphatic rings. The van der Waals surface area contributed by atoms with Gasteiger partial charge in [-0.3, -0.25) is 9.59 Å². The monoisotopic (exact) mass is 311 g/mol. The van der Waals surface area contributed by atoms with E-state index in [1.54, 1.807) is 18.3 Å². The first-order chi connectivity index (χ1) is 11.1. The molecule has 0 bridgehead atoms. The number of pyridine rings is 1. The number of carboxylic acids is 1. The van der Waals surface area contributed by atoms with E-state index in [0.29, 0.717) is 17.9 Å². The number of nitrogens with one attached hydrogen (secondary N) is 1. The topological polar surface area (TPSA) is 84.2 Å². The standard InChI is InChI=1S/C17H17N3O3/c21-16(19-14-8-13(17(22)23)11-7-12(11)14)10-3-4-15(18-9-10)20-5-1-2-6-20/h1-6,9,11-14H,7-8H2,(H,19,21)(H,22,23)/t11-,12+,13-,14+/m1/s1. The summed E-state index contributed by atoms with van der Waals surface area (Å²) in [7, 11) is 0. The first-order valence-electron chi connectivity index (χ1n) is 7.76. The van der Waals surface area contributed by atoms with Gasteiger partial charge in [-0.15, -0.1) is 0 Å². The summed E-state index contributed by atoms with van der Waals surface area (Å²) in [5.74, 6) is 0.0876. The summed E-state index contributed by atoms with van der Waals surface area (Å²) >= 11 is 0. The molecule has 2 heterocycles. The van der Waals surface area contributed by atoms with Crippen LogP contribution in [0.2, 0.25) is 0 Å². The molecule has 2 fully saturated rings. The van der Waals surface area contributed by atoms with E-state index < -0.39 is 5.97 Å². The summed E-state index contributed by atoms with van der Waals surface area (Å²) in [6, 6.07) is 7.33. The minimum absolute atomic E-state index is 0.0299. The Morgan fingerprint density at radius 3 is 2.57 bits per heavy atom. The van der Waals surface area contributed by atoms with Crippen molar-refractivity contribution < 1.29 is 14.7 Å². The van der Waals surface area contributed by atoms with Crippen molar-refractivity contribution in [1.82, 2.24) is 14.9 Å². The maximum absolute atomic E-state index is 12.3. The molecular formula is C17H17N3O3. The zero-order valence-electron chi connectivity index (χ0n) is 12.4. The Morgan fingerprint density at radius 1 is 1.17 bits per heavy atom. The average Bonchev–Trinajstić information content (AvgIpc) is 2.99. The van der Waals surface area contributed by atoms with Gasteiger partial charge < -0.3 is 15.0 Å². The first-order valence-corrected chi connectivity index (χ1v) is 7.76. The number of aromatic nitrogens is 2. The molecule has 0 aromatic carbocycles. The van der Waals surface area contributed by atoms with Crippen LogP contribution in [-0.2, 0) is 4.79 Å². The summed E-state index contributed by atoms with van der Waals surface area (Å²) in [5.41, 5.74) is 0.497. The molecule has 6 heteroatoms. The fraction of sp³-hybridized carbons (Fsp3) is 0.353. The van der Waals surface area contributed by atoms with Gasteiger partial charge in [-0.2, -0.15) is 0 Å². The average molecular weight is 311 g/mol. The van der Waals surface area contributed by atoms with E-state index in [-0.39, 0.29) is 23.8 Å². The van der Waals surface area contributed by atoms with Crippen LogP contribution >= 0.6 is 0 Å². The van der Waals surface area contributed by atoms with Crippen molar-refractivity contribution in [2.45, 2.75) is 18.9 Å². The van der Waals surface area contributed by atoms with E-state index in [2.05, 4.69) is 10.3 Å². The van der Waals surface area contributed by atoms with Crippen LogP contribution in [0, 0.1) is 17.8 Å². The van der Waals surface area contributed by atoms with E-state index in [4.69, 9.17) is 0 Å². The van der Waals surface area contributed by atoms with E-state index >= 15 is 0 Å². The second-order valence-corrected chi connectivity index (χ2v) is 6.32. The number of fused-ring (bicyclic) bond motifs is 1. The number of amides is 1. The third kappa shape index (κ3) is 2.50. The number of nitrogens with zero attached hydrogens (tertiary/aromatic N) is 2. The van der Waals surface area contributed by atoms with Crippen molar-refractivity contribution in [3.8, 4) is 5.82 Å². The van der Waals surface area contributed by atoms with Crippen LogP contribution in [0.1, 0.15) is 23.2 Å². The number of carbonyl (C=O) groups excluding carboxylic acids is 1. The molecule has 6 nitrogen and oxygen atoms in total. The van der Waals surface area contributed by atoms with Gasteiger partial charge >= 0.3 is 5.97 Å². The molecule has 2 saturated carbocycles. The number of rotatable bonds is 4. The fourth-order valence-electron chi connectivity index (χ4n) is 3.65. The lowest BCUT2D eigenvalue weighted by atomic mass is 10.0. The Morgan fingerprint density at radius 2 is 1.96 bits per heavy atom. The van der Waals surface area contributed by atoms with E-state index in [0.717, 1.165) is 12.2 Å². The maximum atomic E-state index is 12.3. The molecule has 1 amide bonds. The molecule has 0 spiro atoms. The minimum atomic E-state index is -0.744. The van der Waals surface area contributed by atoms with E-state index in [1.807, 2.05) is 29.1 Å². The minimum Gasteiger partial charge on any atom is -0.481 e. The Hall–Kier alpha value is -2.63. The Bertz CT molecular complexity index is 739. The maximum Gasteiger partial charge on any atom is 0.306 e. The predicted molar refractivity (Wildman–Crippen MR) is 82.2 cm³/mol. The zero-order chi connectivity index (χ0) is 16.0. The number of hydrogen-bond donors (Lipinski definition) is 2. The normalized spacial score (nSPS) is 28.2. The molecule has 2 N–H and O–H groups in total. The van der Waals surface area contributed by atoms with Gasteiger partial charge in [-0.25, -0.2) is 4.98 Å². The highest BCUT2D eigenvalue weighted by atomic mass is 16.4. The lowest BCUT2D eigenvalue weighted by Crippen LogP contribution is -2.36. The van der Waals surface area contributed by atoms with Gasteiger partial charge in [0.1, 0.15) is 5.82 Å². The number of carbonyl (C=O) groups is 2. The Balaban J connectivity index is 1.43. The molecule has 4 rings (SSSR count). The molecule has 118 valence electrons. The van der Waals surface area contributed by atoms with Crippen molar-refractivity contribution in [2.75, 3.05) is 0 Å². The van der Waals surface area contributed by atoms with Crippen LogP contribution in [0.4, 0.5) is 0 Å². The molecule has 0 aliphatic heterocycles. The summed E-state index contributed by atoms with van der Waals surface area (Å²) in [4.78, 5) is 27.8. The van der Waals surface area contributed by atoms with Crippen molar-refractivity contribution in [3.05, 3.63) is 48.4 Å². The lowest BCUT2D eigenvalue weighted by Gasteiger charge is -2.16. The van der Waals surface area contributed by atoms with Crippen LogP contribution < -0.4 is 5.32 Å². The largest absolute Gasteiger partial charge is 0.481 e. The van der Waals surface area contributed by atoms with Crippen molar-refractivity contribution >= 4 is 11.9 Å². The van der Waals surface area contributed by atoms with Crippen molar-refractivity contribution in [2.24, 2.45) is 17.8 Å². The first kappa shape index (κ1) is 14.0. The molecule has 4 atom stereocenters. The van der Waals surface area contributed by atoms with Crippen molar-refractivity contribution in [3.63, 3.8) is 0 Å². The second-order valence-electron chi connectivity index (χ2n) is 6.32. The zero-order valence-corrected chi connectivity index (χ0v) is 12.4. The number of carboxylic acid groups (broad SMARTS) is 1. The highest BCUT2D eigenvalue weighted by Gasteiger charge is 2.57. The molecule has 2 aromatic heterocycles. The quantitative estimate of drug-likeness (QED) is 0.900. The van der Waals surface area contributed by atoms with Crippen LogP contribution in [0.3, 0.4) is 0 Å². The molecule has 2 aromatic rings. The van der Waals surface area contributed by atoms with E-state index in [1.165, 1.54) is 0 Å². The van der Waals surface area contributed by atoms with Crippen LogP contribution in [0.15, 0.2) is 42.9 Å². The highest BCUT2D eigenvalue weighted by molar-refractivity contribution is 5.94. The molecular weight excluding hydrogens is 294 g/mol. The highest BCUT2D eigenvalue weighted by Crippen LogP contribution is 2.55. The van der Waals surface area contributed by atoms with Crippen LogP contribution in [0.25, 0.3) is 5.82 Å². The summed E-state index contributed by atoms with van der Waals surface area (Å²) in [6.07, 6.45) is 6.77. The smallest absolute Gasteiger partial charge is 0.306 e. The number of aliphatic carboxylic acids is 1. The van der Waals surface area contributed by atoms with Gasteiger partial charge in [0, 0.05) is 24.6 Å². The molecule has 0 unspecified atom stereocenters. The summed E-state index contributed by atoms with van der Waals surface area (Å²) in [5, 5.41) is 12.2. The lowest BCUT2D eigenvalue weighted by molar-refractivity contribution is -0.142. The van der Waals surface area contributed by atoms with Crippen molar-refractivity contribution in [1.29, 1.82) is 0 Å². The van der Waals surface area contributed by atoms with Gasteiger partial charge in [0.25, 0.3) is 5.91 Å². The Kier molecular flexibility index (Phi) is 3.18. The van der Waals surface area contributed by atoms with Gasteiger partial charge in [0.2, 0.25) is 0 Å². The van der Waals surface area contributed by atoms with Gasteiger partial charge in [-0.1, -0.05) is 0 Å². The molecule has 23 heavy (non-hydrogen) atoms. The van der Waals surface area contributed by atoms with Crippen LogP contribution in [-0.4, -0.2) is 32.6 Å². The SMILES string of the molecule is O=C(N[C@H]1C[C@@H](C(=O)O)[C@@H]2C[C@@H]21)c1ccc(-n2cccc2)nc1. The fourth-order valence-corrected chi connectivity index (χ4v) is 3.65.